The molecule has 0 saturated carbocycles. The molecular weight excluding hydrogens is 432 g/mol. The summed E-state index contributed by atoms with van der Waals surface area (Å²) in [5.74, 6) is 0.990. The molecule has 1 aromatic heterocycles. The molecule has 0 aliphatic heterocycles. The fraction of sp³-hybridized carbons (Fsp3) is 0.120. The van der Waals surface area contributed by atoms with Crippen LogP contribution < -0.4 is 19.6 Å². The van der Waals surface area contributed by atoms with E-state index in [2.05, 4.69) is 0 Å². The lowest BCUT2D eigenvalue weighted by atomic mass is 10.2. The Labute approximate surface area is 188 Å². The van der Waals surface area contributed by atoms with E-state index in [0.717, 1.165) is 0 Å². The van der Waals surface area contributed by atoms with Gasteiger partial charge in [0, 0.05) is 11.1 Å². The lowest BCUT2D eigenvalue weighted by Gasteiger charge is -2.13. The number of aryl methyl sites for hydroxylation is 1. The third-order valence-electron chi connectivity index (χ3n) is 4.64. The first-order valence-corrected chi connectivity index (χ1v) is 10.3. The van der Waals surface area contributed by atoms with Crippen molar-refractivity contribution in [3.8, 4) is 23.0 Å². The molecule has 0 saturated heterocycles. The van der Waals surface area contributed by atoms with Crippen LogP contribution in [0, 0.1) is 6.92 Å². The highest BCUT2D eigenvalue weighted by atomic mass is 35.5. The summed E-state index contributed by atoms with van der Waals surface area (Å²) >= 11 is 5.85. The lowest BCUT2D eigenvalue weighted by Crippen LogP contribution is -2.10. The van der Waals surface area contributed by atoms with Gasteiger partial charge in [-0.1, -0.05) is 23.7 Å². The summed E-state index contributed by atoms with van der Waals surface area (Å²) in [5.41, 5.74) is 0.286. The highest BCUT2D eigenvalue weighted by molar-refractivity contribution is 6.30. The number of rotatable bonds is 6. The van der Waals surface area contributed by atoms with E-state index < -0.39 is 5.97 Å². The molecule has 0 N–H and O–H groups in total. The molecule has 3 aromatic carbocycles. The SMILES string of the molecule is CCOc1ccccc1Oc1c(C)oc2cc(OC(=O)c3ccc(Cl)cc3)ccc2c1=O. The number of hydrogen-bond acceptors (Lipinski definition) is 6. The van der Waals surface area contributed by atoms with E-state index in [1.165, 1.54) is 18.2 Å². The second-order valence-corrected chi connectivity index (χ2v) is 7.29. The van der Waals surface area contributed by atoms with E-state index in [-0.39, 0.29) is 28.3 Å². The van der Waals surface area contributed by atoms with Gasteiger partial charge in [-0.3, -0.25) is 4.79 Å². The predicted octanol–water partition coefficient (Wildman–Crippen LogP) is 6.17. The third-order valence-corrected chi connectivity index (χ3v) is 4.89. The van der Waals surface area contributed by atoms with Gasteiger partial charge in [0.1, 0.15) is 17.1 Å². The van der Waals surface area contributed by atoms with Gasteiger partial charge < -0.3 is 18.6 Å². The maximum atomic E-state index is 13.1. The van der Waals surface area contributed by atoms with Crippen molar-refractivity contribution < 1.29 is 23.4 Å². The van der Waals surface area contributed by atoms with Crippen LogP contribution in [-0.2, 0) is 0 Å². The summed E-state index contributed by atoms with van der Waals surface area (Å²) in [5, 5.41) is 0.817. The van der Waals surface area contributed by atoms with E-state index in [1.807, 2.05) is 13.0 Å². The molecule has 0 spiro atoms. The Kier molecular flexibility index (Phi) is 6.14. The standard InChI is InChI=1S/C25H19ClO6/c1-3-29-20-6-4-5-7-21(20)32-24-15(2)30-22-14-18(12-13-19(22)23(24)27)31-25(28)16-8-10-17(26)11-9-16/h4-14H,3H2,1-2H3. The number of esters is 1. The summed E-state index contributed by atoms with van der Waals surface area (Å²) in [7, 11) is 0. The Balaban J connectivity index is 1.64. The monoisotopic (exact) mass is 450 g/mol. The number of carbonyl (C=O) groups excluding carboxylic acids is 1. The lowest BCUT2D eigenvalue weighted by molar-refractivity contribution is 0.0735. The maximum Gasteiger partial charge on any atom is 0.343 e. The van der Waals surface area contributed by atoms with Crippen LogP contribution in [0.1, 0.15) is 23.0 Å². The number of fused-ring (bicyclic) bond motifs is 1. The summed E-state index contributed by atoms with van der Waals surface area (Å²) < 4.78 is 22.6. The van der Waals surface area contributed by atoms with Gasteiger partial charge in [0.05, 0.1) is 17.6 Å². The fourth-order valence-corrected chi connectivity index (χ4v) is 3.25. The molecule has 0 bridgehead atoms. The van der Waals surface area contributed by atoms with Crippen LogP contribution in [0.25, 0.3) is 11.0 Å². The number of benzene rings is 3. The van der Waals surface area contributed by atoms with E-state index in [0.29, 0.717) is 34.1 Å². The Hall–Kier alpha value is -3.77. The Morgan fingerprint density at radius 3 is 2.44 bits per heavy atom. The Morgan fingerprint density at radius 2 is 1.72 bits per heavy atom. The number of carbonyl (C=O) groups is 1. The van der Waals surface area contributed by atoms with Crippen LogP contribution in [0.3, 0.4) is 0 Å². The first-order valence-electron chi connectivity index (χ1n) is 9.91. The number of hydrogen-bond donors (Lipinski definition) is 0. The van der Waals surface area contributed by atoms with Crippen molar-refractivity contribution in [2.45, 2.75) is 13.8 Å². The van der Waals surface area contributed by atoms with Crippen LogP contribution in [0.4, 0.5) is 0 Å². The van der Waals surface area contributed by atoms with Crippen LogP contribution in [0.5, 0.6) is 23.0 Å². The minimum absolute atomic E-state index is 0.0653. The van der Waals surface area contributed by atoms with Gasteiger partial charge in [-0.15, -0.1) is 0 Å². The zero-order valence-corrected chi connectivity index (χ0v) is 18.1. The summed E-state index contributed by atoms with van der Waals surface area (Å²) in [6, 6.07) is 18.0. The number of ether oxygens (including phenoxy) is 3. The van der Waals surface area contributed by atoms with Crippen molar-refractivity contribution in [2.24, 2.45) is 0 Å². The van der Waals surface area contributed by atoms with Gasteiger partial charge in [-0.05, 0) is 62.4 Å². The van der Waals surface area contributed by atoms with Gasteiger partial charge in [-0.2, -0.15) is 0 Å². The molecule has 4 aromatic rings. The molecule has 0 radical (unpaired) electrons. The van der Waals surface area contributed by atoms with Crippen molar-refractivity contribution in [3.63, 3.8) is 0 Å². The fourth-order valence-electron chi connectivity index (χ4n) is 3.12. The van der Waals surface area contributed by atoms with E-state index in [9.17, 15) is 9.59 Å². The molecule has 0 atom stereocenters. The molecule has 0 fully saturated rings. The third kappa shape index (κ3) is 4.45. The molecule has 0 aliphatic carbocycles. The molecule has 0 aliphatic rings. The minimum Gasteiger partial charge on any atom is -0.490 e. The smallest absolute Gasteiger partial charge is 0.343 e. The average Bonchev–Trinajstić information content (AvgIpc) is 2.78. The van der Waals surface area contributed by atoms with Gasteiger partial charge in [0.15, 0.2) is 11.5 Å². The summed E-state index contributed by atoms with van der Waals surface area (Å²) in [6.45, 7) is 3.96. The van der Waals surface area contributed by atoms with Crippen LogP contribution in [0.15, 0.2) is 75.9 Å². The quantitative estimate of drug-likeness (QED) is 0.258. The molecular formula is C25H19ClO6. The highest BCUT2D eigenvalue weighted by Gasteiger charge is 2.17. The average molecular weight is 451 g/mol. The highest BCUT2D eigenvalue weighted by Crippen LogP contribution is 2.33. The first kappa shape index (κ1) is 21.5. The second-order valence-electron chi connectivity index (χ2n) is 6.85. The molecule has 7 heteroatoms. The normalized spacial score (nSPS) is 10.7. The van der Waals surface area contributed by atoms with Gasteiger partial charge in [-0.25, -0.2) is 4.79 Å². The van der Waals surface area contributed by atoms with Crippen molar-refractivity contribution in [1.29, 1.82) is 0 Å². The van der Waals surface area contributed by atoms with Gasteiger partial charge >= 0.3 is 5.97 Å². The summed E-state index contributed by atoms with van der Waals surface area (Å²) in [6.07, 6.45) is 0. The van der Waals surface area contributed by atoms with Gasteiger partial charge in [0.2, 0.25) is 11.2 Å². The molecule has 32 heavy (non-hydrogen) atoms. The zero-order chi connectivity index (χ0) is 22.7. The van der Waals surface area contributed by atoms with E-state index in [4.69, 9.17) is 30.2 Å². The second kappa shape index (κ2) is 9.16. The first-order chi connectivity index (χ1) is 15.5. The Morgan fingerprint density at radius 1 is 1.00 bits per heavy atom. The van der Waals surface area contributed by atoms with Crippen molar-refractivity contribution in [1.82, 2.24) is 0 Å². The van der Waals surface area contributed by atoms with Crippen LogP contribution in [-0.4, -0.2) is 12.6 Å². The van der Waals surface area contributed by atoms with Gasteiger partial charge in [0.25, 0.3) is 0 Å². The molecule has 0 unspecified atom stereocenters. The molecule has 6 nitrogen and oxygen atoms in total. The topological polar surface area (TPSA) is 75.0 Å². The summed E-state index contributed by atoms with van der Waals surface area (Å²) in [4.78, 5) is 25.4. The van der Waals surface area contributed by atoms with E-state index >= 15 is 0 Å². The van der Waals surface area contributed by atoms with Crippen molar-refractivity contribution in [2.75, 3.05) is 6.61 Å². The minimum atomic E-state index is -0.549. The largest absolute Gasteiger partial charge is 0.490 e. The van der Waals surface area contributed by atoms with E-state index in [1.54, 1.807) is 49.4 Å². The van der Waals surface area contributed by atoms with Crippen LogP contribution in [0.2, 0.25) is 5.02 Å². The van der Waals surface area contributed by atoms with Crippen LogP contribution >= 0.6 is 11.6 Å². The van der Waals surface area contributed by atoms with Crippen molar-refractivity contribution in [3.05, 3.63) is 93.3 Å². The molecule has 1 heterocycles. The molecule has 0 amide bonds. The number of halogens is 1. The molecule has 4 rings (SSSR count). The Bertz CT molecular complexity index is 1340. The number of para-hydroxylation sites is 2. The maximum absolute atomic E-state index is 13.1. The predicted molar refractivity (Wildman–Crippen MR) is 121 cm³/mol. The van der Waals surface area contributed by atoms with Crippen molar-refractivity contribution >= 4 is 28.5 Å². The zero-order valence-electron chi connectivity index (χ0n) is 17.4. The molecule has 162 valence electrons.